The van der Waals surface area contributed by atoms with Gasteiger partial charge in [0.2, 0.25) is 0 Å². The van der Waals surface area contributed by atoms with E-state index in [-0.39, 0.29) is 0 Å². The van der Waals surface area contributed by atoms with Gasteiger partial charge in [-0.3, -0.25) is 9.11 Å². The zero-order valence-corrected chi connectivity index (χ0v) is 15.0. The largest absolute Gasteiger partial charge is 0.394 e. The van der Waals surface area contributed by atoms with Gasteiger partial charge in [0.15, 0.2) is 0 Å². The third kappa shape index (κ3) is 25.2. The first-order valence-electron chi connectivity index (χ1n) is 8.08. The Morgan fingerprint density at radius 2 is 1.24 bits per heavy atom. The fourth-order valence-corrected chi connectivity index (χ4v) is 2.33. The molecule has 0 aliphatic carbocycles. The van der Waals surface area contributed by atoms with Crippen LogP contribution in [-0.2, 0) is 10.4 Å². The number of rotatable bonds is 11. The van der Waals surface area contributed by atoms with E-state index < -0.39 is 10.4 Å². The van der Waals surface area contributed by atoms with Crippen LogP contribution in [0.25, 0.3) is 0 Å². The smallest absolute Gasteiger partial charge is 0.306 e. The van der Waals surface area contributed by atoms with Crippen molar-refractivity contribution in [2.24, 2.45) is 0 Å². The first-order chi connectivity index (χ1) is 9.72. The Bertz CT molecular complexity index is 297. The number of hydrogen-bond acceptors (Lipinski definition) is 3. The molecule has 0 spiro atoms. The summed E-state index contributed by atoms with van der Waals surface area (Å²) in [6.45, 7) is 4.58. The third-order valence-electron chi connectivity index (χ3n) is 3.49. The minimum absolute atomic E-state index is 0.820. The molecular formula is C15H35NO4S. The molecule has 1 unspecified atom stereocenters. The summed E-state index contributed by atoms with van der Waals surface area (Å²) in [6.07, 6.45) is 14.1. The van der Waals surface area contributed by atoms with Crippen LogP contribution in [0, 0.1) is 0 Å². The van der Waals surface area contributed by atoms with Crippen LogP contribution in [0.2, 0.25) is 0 Å². The highest BCUT2D eigenvalue weighted by Crippen LogP contribution is 2.14. The Hall–Kier alpha value is -0.170. The van der Waals surface area contributed by atoms with Gasteiger partial charge in [-0.2, -0.15) is 8.42 Å². The van der Waals surface area contributed by atoms with Gasteiger partial charge in [0, 0.05) is 6.04 Å². The van der Waals surface area contributed by atoms with Crippen molar-refractivity contribution in [1.82, 2.24) is 4.90 Å². The Kier molecular flexibility index (Phi) is 16.2. The number of nitrogens with zero attached hydrogens (tertiary/aromatic N) is 1. The maximum atomic E-state index is 8.74. The number of hydrogen-bond donors (Lipinski definition) is 2. The molecule has 0 amide bonds. The normalized spacial score (nSPS) is 12.9. The van der Waals surface area contributed by atoms with E-state index in [9.17, 15) is 0 Å². The molecule has 0 aromatic rings. The summed E-state index contributed by atoms with van der Waals surface area (Å²) in [4.78, 5) is 2.40. The second-order valence-electron chi connectivity index (χ2n) is 5.76. The Balaban J connectivity index is 0. The highest BCUT2D eigenvalue weighted by atomic mass is 32.3. The van der Waals surface area contributed by atoms with Gasteiger partial charge in [-0.15, -0.1) is 0 Å². The highest BCUT2D eigenvalue weighted by Gasteiger charge is 2.08. The van der Waals surface area contributed by atoms with Gasteiger partial charge in [-0.1, -0.05) is 65.2 Å². The molecule has 0 aromatic heterocycles. The van der Waals surface area contributed by atoms with Crippen LogP contribution in [0.5, 0.6) is 0 Å². The molecule has 0 rings (SSSR count). The molecule has 0 heterocycles. The molecular weight excluding hydrogens is 290 g/mol. The molecule has 0 saturated carbocycles. The van der Waals surface area contributed by atoms with Crippen molar-refractivity contribution < 1.29 is 17.5 Å². The summed E-state index contributed by atoms with van der Waals surface area (Å²) in [5.74, 6) is 0. The fraction of sp³-hybridized carbons (Fsp3) is 1.00. The van der Waals surface area contributed by atoms with E-state index in [1.54, 1.807) is 0 Å². The molecule has 2 N–H and O–H groups in total. The zero-order valence-electron chi connectivity index (χ0n) is 14.2. The van der Waals surface area contributed by atoms with Crippen molar-refractivity contribution in [2.45, 2.75) is 84.1 Å². The third-order valence-corrected chi connectivity index (χ3v) is 3.49. The van der Waals surface area contributed by atoms with E-state index in [0.717, 1.165) is 6.04 Å². The molecule has 0 aliphatic rings. The molecule has 6 heteroatoms. The topological polar surface area (TPSA) is 77.8 Å². The SMILES string of the molecule is CCCCCCCCCC(CCC)N(C)C.O=S(=O)(O)O. The van der Waals surface area contributed by atoms with Gasteiger partial charge < -0.3 is 4.90 Å². The minimum atomic E-state index is -4.67. The Morgan fingerprint density at radius 3 is 1.62 bits per heavy atom. The fourth-order valence-electron chi connectivity index (χ4n) is 2.33. The molecule has 21 heavy (non-hydrogen) atoms. The summed E-state index contributed by atoms with van der Waals surface area (Å²) >= 11 is 0. The van der Waals surface area contributed by atoms with Gasteiger partial charge in [-0.25, -0.2) is 0 Å². The van der Waals surface area contributed by atoms with Gasteiger partial charge in [0.25, 0.3) is 0 Å². The van der Waals surface area contributed by atoms with Crippen LogP contribution < -0.4 is 0 Å². The lowest BCUT2D eigenvalue weighted by atomic mass is 10.0. The molecule has 0 bridgehead atoms. The Morgan fingerprint density at radius 1 is 0.810 bits per heavy atom. The standard InChI is InChI=1S/C15H33N.H2O4S/c1-5-7-8-9-10-11-12-14-15(13-6-2)16(3)4;1-5(2,3)4/h15H,5-14H2,1-4H3;(H2,1,2,3,4). The van der Waals surface area contributed by atoms with Gasteiger partial charge in [0.05, 0.1) is 0 Å². The van der Waals surface area contributed by atoms with E-state index in [2.05, 4.69) is 32.8 Å². The zero-order chi connectivity index (χ0) is 16.7. The molecule has 0 fully saturated rings. The van der Waals surface area contributed by atoms with Crippen molar-refractivity contribution in [2.75, 3.05) is 14.1 Å². The predicted molar refractivity (Wildman–Crippen MR) is 89.2 cm³/mol. The molecule has 0 aliphatic heterocycles. The van der Waals surface area contributed by atoms with Crippen LogP contribution in [0.15, 0.2) is 0 Å². The van der Waals surface area contributed by atoms with Crippen molar-refractivity contribution in [3.63, 3.8) is 0 Å². The average Bonchev–Trinajstić information content (AvgIpc) is 2.34. The summed E-state index contributed by atoms with van der Waals surface area (Å²) in [5.41, 5.74) is 0. The summed E-state index contributed by atoms with van der Waals surface area (Å²) in [6, 6.07) is 0.820. The average molecular weight is 326 g/mol. The first-order valence-corrected chi connectivity index (χ1v) is 9.48. The first kappa shape index (κ1) is 23.1. The van der Waals surface area contributed by atoms with Crippen molar-refractivity contribution in [3.8, 4) is 0 Å². The molecule has 0 saturated heterocycles. The summed E-state index contributed by atoms with van der Waals surface area (Å²) in [7, 11) is -0.219. The molecule has 5 nitrogen and oxygen atoms in total. The summed E-state index contributed by atoms with van der Waals surface area (Å²) in [5, 5.41) is 0. The van der Waals surface area contributed by atoms with Gasteiger partial charge >= 0.3 is 10.4 Å². The van der Waals surface area contributed by atoms with E-state index in [1.165, 1.54) is 64.2 Å². The van der Waals surface area contributed by atoms with Crippen LogP contribution in [0.3, 0.4) is 0 Å². The summed E-state index contributed by atoms with van der Waals surface area (Å²) < 4.78 is 31.6. The predicted octanol–water partition coefficient (Wildman–Crippen LogP) is 4.20. The quantitative estimate of drug-likeness (QED) is 0.439. The van der Waals surface area contributed by atoms with E-state index in [1.807, 2.05) is 0 Å². The van der Waals surface area contributed by atoms with E-state index in [4.69, 9.17) is 17.5 Å². The lowest BCUT2D eigenvalue weighted by Crippen LogP contribution is -2.27. The molecule has 0 radical (unpaired) electrons. The Labute approximate surface area is 131 Å². The van der Waals surface area contributed by atoms with E-state index >= 15 is 0 Å². The maximum absolute atomic E-state index is 8.74. The lowest BCUT2D eigenvalue weighted by molar-refractivity contribution is 0.256. The highest BCUT2D eigenvalue weighted by molar-refractivity contribution is 7.79. The van der Waals surface area contributed by atoms with Crippen molar-refractivity contribution in [3.05, 3.63) is 0 Å². The molecule has 1 atom stereocenters. The van der Waals surface area contributed by atoms with Crippen molar-refractivity contribution >= 4 is 10.4 Å². The van der Waals surface area contributed by atoms with Crippen LogP contribution in [0.4, 0.5) is 0 Å². The minimum Gasteiger partial charge on any atom is -0.306 e. The monoisotopic (exact) mass is 325 g/mol. The van der Waals surface area contributed by atoms with Crippen LogP contribution in [0.1, 0.15) is 78.1 Å². The van der Waals surface area contributed by atoms with Crippen molar-refractivity contribution in [1.29, 1.82) is 0 Å². The molecule has 0 aromatic carbocycles. The van der Waals surface area contributed by atoms with Crippen LogP contribution in [-0.4, -0.2) is 42.6 Å². The second-order valence-corrected chi connectivity index (χ2v) is 6.66. The molecule has 130 valence electrons. The lowest BCUT2D eigenvalue weighted by Gasteiger charge is -2.23. The maximum Gasteiger partial charge on any atom is 0.394 e. The van der Waals surface area contributed by atoms with Gasteiger partial charge in [0.1, 0.15) is 0 Å². The van der Waals surface area contributed by atoms with E-state index in [0.29, 0.717) is 0 Å². The second kappa shape index (κ2) is 14.8. The van der Waals surface area contributed by atoms with Gasteiger partial charge in [-0.05, 0) is 26.9 Å². The van der Waals surface area contributed by atoms with Crippen LogP contribution >= 0.6 is 0 Å². The number of unbranched alkanes of at least 4 members (excludes halogenated alkanes) is 6.